The van der Waals surface area contributed by atoms with Gasteiger partial charge in [-0.1, -0.05) is 12.1 Å². The Morgan fingerprint density at radius 1 is 1.44 bits per heavy atom. The van der Waals surface area contributed by atoms with E-state index in [4.69, 9.17) is 9.26 Å². The minimum atomic E-state index is 0.337. The molecule has 2 rings (SSSR count). The summed E-state index contributed by atoms with van der Waals surface area (Å²) in [6.07, 6.45) is 1.15. The quantitative estimate of drug-likeness (QED) is 0.816. The third-order valence-electron chi connectivity index (χ3n) is 2.97. The van der Waals surface area contributed by atoms with Crippen molar-refractivity contribution in [3.8, 4) is 0 Å². The molecule has 1 fully saturated rings. The average Bonchev–Trinajstić information content (AvgIpc) is 3.02. The van der Waals surface area contributed by atoms with Gasteiger partial charge in [0.15, 0.2) is 5.82 Å². The number of rotatable bonds is 7. The van der Waals surface area contributed by atoms with Crippen LogP contribution in [0.15, 0.2) is 4.52 Å². The van der Waals surface area contributed by atoms with Crippen LogP contribution in [-0.2, 0) is 11.3 Å². The molecule has 0 spiro atoms. The molecule has 2 atom stereocenters. The Labute approximate surface area is 112 Å². The summed E-state index contributed by atoms with van der Waals surface area (Å²) >= 11 is 1.94. The van der Waals surface area contributed by atoms with Crippen LogP contribution in [0.2, 0.25) is 0 Å². The Morgan fingerprint density at radius 2 is 2.33 bits per heavy atom. The summed E-state index contributed by atoms with van der Waals surface area (Å²) in [5, 5.41) is 7.52. The van der Waals surface area contributed by atoms with Gasteiger partial charge in [-0.25, -0.2) is 0 Å². The average molecular weight is 271 g/mol. The fourth-order valence-electron chi connectivity index (χ4n) is 2.00. The van der Waals surface area contributed by atoms with E-state index in [1.165, 1.54) is 0 Å². The predicted octanol–water partition coefficient (Wildman–Crippen LogP) is 1.80. The second kappa shape index (κ2) is 7.11. The van der Waals surface area contributed by atoms with Gasteiger partial charge in [-0.15, -0.1) is 0 Å². The van der Waals surface area contributed by atoms with E-state index in [0.717, 1.165) is 30.4 Å². The van der Waals surface area contributed by atoms with Gasteiger partial charge in [0, 0.05) is 24.2 Å². The largest absolute Gasteiger partial charge is 0.374 e. The number of hydrogen-bond acceptors (Lipinski definition) is 6. The van der Waals surface area contributed by atoms with Gasteiger partial charge in [-0.3, -0.25) is 0 Å². The van der Waals surface area contributed by atoms with Gasteiger partial charge in [-0.2, -0.15) is 16.7 Å². The first-order valence-electron chi connectivity index (χ1n) is 6.56. The second-order valence-electron chi connectivity index (χ2n) is 4.39. The van der Waals surface area contributed by atoms with Crippen molar-refractivity contribution in [1.29, 1.82) is 0 Å². The number of ether oxygens (including phenoxy) is 1. The molecule has 1 aromatic heterocycles. The zero-order chi connectivity index (χ0) is 12.8. The van der Waals surface area contributed by atoms with E-state index in [1.54, 1.807) is 0 Å². The highest BCUT2D eigenvalue weighted by atomic mass is 32.2. The third kappa shape index (κ3) is 3.46. The first-order valence-corrected chi connectivity index (χ1v) is 7.72. The molecule has 102 valence electrons. The minimum absolute atomic E-state index is 0.337. The first-order chi connectivity index (χ1) is 8.85. The maximum Gasteiger partial charge on any atom is 0.232 e. The van der Waals surface area contributed by atoms with Gasteiger partial charge in [0.1, 0.15) is 6.61 Å². The Bertz CT molecular complexity index is 359. The van der Waals surface area contributed by atoms with Gasteiger partial charge >= 0.3 is 0 Å². The van der Waals surface area contributed by atoms with Crippen molar-refractivity contribution >= 4 is 11.8 Å². The number of thioether (sulfide) groups is 1. The fraction of sp³-hybridized carbons (Fsp3) is 0.833. The van der Waals surface area contributed by atoms with Crippen molar-refractivity contribution < 1.29 is 9.26 Å². The van der Waals surface area contributed by atoms with Gasteiger partial charge in [-0.05, 0) is 19.9 Å². The summed E-state index contributed by atoms with van der Waals surface area (Å²) in [6.45, 7) is 6.29. The smallest absolute Gasteiger partial charge is 0.232 e. The molecule has 1 N–H and O–H groups in total. The molecule has 0 radical (unpaired) electrons. The van der Waals surface area contributed by atoms with Crippen LogP contribution in [0.3, 0.4) is 0 Å². The Kier molecular flexibility index (Phi) is 5.46. The number of hydrogen-bond donors (Lipinski definition) is 1. The Hall–Kier alpha value is -0.590. The molecule has 1 aromatic rings. The molecule has 1 saturated heterocycles. The summed E-state index contributed by atoms with van der Waals surface area (Å²) in [4.78, 5) is 4.43. The summed E-state index contributed by atoms with van der Waals surface area (Å²) in [5.41, 5.74) is 0. The van der Waals surface area contributed by atoms with Gasteiger partial charge in [0.05, 0.1) is 5.92 Å². The lowest BCUT2D eigenvalue weighted by atomic mass is 10.0. The molecular weight excluding hydrogens is 250 g/mol. The van der Waals surface area contributed by atoms with E-state index < -0.39 is 0 Å². The molecule has 0 saturated carbocycles. The predicted molar refractivity (Wildman–Crippen MR) is 71.8 cm³/mol. The summed E-state index contributed by atoms with van der Waals surface area (Å²) < 4.78 is 10.6. The maximum atomic E-state index is 5.36. The lowest BCUT2D eigenvalue weighted by Crippen LogP contribution is -2.34. The first kappa shape index (κ1) is 13.8. The van der Waals surface area contributed by atoms with E-state index in [1.807, 2.05) is 18.7 Å². The highest BCUT2D eigenvalue weighted by molar-refractivity contribution is 7.99. The topological polar surface area (TPSA) is 60.2 Å². The van der Waals surface area contributed by atoms with E-state index in [9.17, 15) is 0 Å². The fourth-order valence-corrected chi connectivity index (χ4v) is 3.37. The zero-order valence-corrected chi connectivity index (χ0v) is 11.8. The lowest BCUT2D eigenvalue weighted by molar-refractivity contribution is 0.126. The highest BCUT2D eigenvalue weighted by Crippen LogP contribution is 2.31. The Balaban J connectivity index is 1.94. The van der Waals surface area contributed by atoms with Crippen molar-refractivity contribution in [2.24, 2.45) is 0 Å². The standard InChI is InChI=1S/C12H21N3O2S/c1-3-5-13-10-8-18-7-9(10)12-14-11(15-17-12)6-16-4-2/h9-10,13H,3-8H2,1-2H3. The van der Waals surface area contributed by atoms with E-state index >= 15 is 0 Å². The van der Waals surface area contributed by atoms with Crippen LogP contribution in [0.4, 0.5) is 0 Å². The van der Waals surface area contributed by atoms with Crippen LogP contribution in [0.5, 0.6) is 0 Å². The molecule has 0 amide bonds. The number of nitrogens with zero attached hydrogens (tertiary/aromatic N) is 2. The van der Waals surface area contributed by atoms with Crippen molar-refractivity contribution in [2.45, 2.75) is 38.8 Å². The zero-order valence-electron chi connectivity index (χ0n) is 11.0. The van der Waals surface area contributed by atoms with E-state index in [2.05, 4.69) is 22.4 Å². The SMILES string of the molecule is CCCNC1CSCC1c1nc(COCC)no1. The van der Waals surface area contributed by atoms with Crippen LogP contribution >= 0.6 is 11.8 Å². The van der Waals surface area contributed by atoms with Gasteiger partial charge < -0.3 is 14.6 Å². The second-order valence-corrected chi connectivity index (χ2v) is 5.47. The van der Waals surface area contributed by atoms with Crippen LogP contribution < -0.4 is 5.32 Å². The number of aromatic nitrogens is 2. The highest BCUT2D eigenvalue weighted by Gasteiger charge is 2.32. The van der Waals surface area contributed by atoms with Crippen LogP contribution in [0.25, 0.3) is 0 Å². The molecule has 2 heterocycles. The lowest BCUT2D eigenvalue weighted by Gasteiger charge is -2.16. The molecular formula is C12H21N3O2S. The summed E-state index contributed by atoms with van der Waals surface area (Å²) in [7, 11) is 0. The van der Waals surface area contributed by atoms with E-state index in [0.29, 0.717) is 31.0 Å². The van der Waals surface area contributed by atoms with Gasteiger partial charge in [0.2, 0.25) is 5.89 Å². The normalized spacial score (nSPS) is 23.7. The molecule has 2 unspecified atom stereocenters. The van der Waals surface area contributed by atoms with Crippen molar-refractivity contribution in [1.82, 2.24) is 15.5 Å². The summed E-state index contributed by atoms with van der Waals surface area (Å²) in [5.74, 6) is 3.91. The molecule has 0 aromatic carbocycles. The molecule has 18 heavy (non-hydrogen) atoms. The molecule has 0 bridgehead atoms. The van der Waals surface area contributed by atoms with Crippen LogP contribution in [0, 0.1) is 0 Å². The van der Waals surface area contributed by atoms with Gasteiger partial charge in [0.25, 0.3) is 0 Å². The molecule has 1 aliphatic heterocycles. The van der Waals surface area contributed by atoms with Crippen molar-refractivity contribution in [2.75, 3.05) is 24.7 Å². The molecule has 5 nitrogen and oxygen atoms in total. The monoisotopic (exact) mass is 271 g/mol. The minimum Gasteiger partial charge on any atom is -0.374 e. The van der Waals surface area contributed by atoms with E-state index in [-0.39, 0.29) is 0 Å². The Morgan fingerprint density at radius 3 is 3.11 bits per heavy atom. The number of nitrogens with one attached hydrogen (secondary N) is 1. The van der Waals surface area contributed by atoms with Crippen molar-refractivity contribution in [3.63, 3.8) is 0 Å². The molecule has 6 heteroatoms. The van der Waals surface area contributed by atoms with Crippen molar-refractivity contribution in [3.05, 3.63) is 11.7 Å². The molecule has 1 aliphatic rings. The van der Waals surface area contributed by atoms with Crippen LogP contribution in [0.1, 0.15) is 37.9 Å². The maximum absolute atomic E-state index is 5.36. The summed E-state index contributed by atoms with van der Waals surface area (Å²) in [6, 6.07) is 0.454. The third-order valence-corrected chi connectivity index (χ3v) is 4.16. The molecule has 0 aliphatic carbocycles. The van der Waals surface area contributed by atoms with Crippen LogP contribution in [-0.4, -0.2) is 40.8 Å².